The molecule has 1 atom stereocenters. The molecule has 1 heterocycles. The highest BCUT2D eigenvalue weighted by molar-refractivity contribution is 8.14. The molecule has 1 aliphatic heterocycles. The second-order valence-electron chi connectivity index (χ2n) is 4.89. The van der Waals surface area contributed by atoms with E-state index >= 15 is 0 Å². The van der Waals surface area contributed by atoms with Crippen molar-refractivity contribution in [2.24, 2.45) is 4.99 Å². The van der Waals surface area contributed by atoms with Crippen LogP contribution in [0.25, 0.3) is 0 Å². The molecule has 88 valence electrons. The Morgan fingerprint density at radius 1 is 1.53 bits per heavy atom. The van der Waals surface area contributed by atoms with Crippen LogP contribution in [0.15, 0.2) is 4.99 Å². The first-order valence-electron chi connectivity index (χ1n) is 5.57. The number of nitrogens with zero attached hydrogens (tertiary/aromatic N) is 2. The van der Waals surface area contributed by atoms with Gasteiger partial charge in [0, 0.05) is 17.3 Å². The first-order chi connectivity index (χ1) is 6.95. The van der Waals surface area contributed by atoms with Crippen LogP contribution >= 0.6 is 11.8 Å². The normalized spacial score (nSPS) is 24.9. The Morgan fingerprint density at radius 3 is 2.67 bits per heavy atom. The summed E-state index contributed by atoms with van der Waals surface area (Å²) >= 11 is 1.85. The van der Waals surface area contributed by atoms with Gasteiger partial charge < -0.3 is 10.2 Å². The third-order valence-electron chi connectivity index (χ3n) is 3.06. The second-order valence-corrected chi connectivity index (χ2v) is 5.90. The molecule has 3 nitrogen and oxygen atoms in total. The standard InChI is InChI=1S/C11H23N3S/c1-6-9-7-15-10(13-9)12-8-11(2,3)14(4)5/h9H,6-8H2,1-5H3,(H,12,13). The van der Waals surface area contributed by atoms with Crippen LogP contribution in [-0.2, 0) is 0 Å². The van der Waals surface area contributed by atoms with Gasteiger partial charge in [-0.1, -0.05) is 18.7 Å². The molecule has 0 radical (unpaired) electrons. The van der Waals surface area contributed by atoms with E-state index in [2.05, 4.69) is 50.1 Å². The lowest BCUT2D eigenvalue weighted by atomic mass is 10.1. The molecule has 0 aromatic carbocycles. The molecule has 1 N–H and O–H groups in total. The third-order valence-corrected chi connectivity index (χ3v) is 4.15. The van der Waals surface area contributed by atoms with Crippen LogP contribution in [0.5, 0.6) is 0 Å². The molecular formula is C11H23N3S. The first-order valence-corrected chi connectivity index (χ1v) is 6.55. The number of hydrogen-bond donors (Lipinski definition) is 1. The second kappa shape index (κ2) is 5.21. The Balaban J connectivity index is 2.45. The van der Waals surface area contributed by atoms with Gasteiger partial charge >= 0.3 is 0 Å². The fraction of sp³-hybridized carbons (Fsp3) is 0.909. The molecule has 1 unspecified atom stereocenters. The molecule has 0 spiro atoms. The molecule has 0 saturated carbocycles. The van der Waals surface area contributed by atoms with Gasteiger partial charge in [0.1, 0.15) is 0 Å². The predicted molar refractivity (Wildman–Crippen MR) is 69.7 cm³/mol. The maximum Gasteiger partial charge on any atom is 0.156 e. The van der Waals surface area contributed by atoms with Gasteiger partial charge in [0.05, 0.1) is 6.54 Å². The summed E-state index contributed by atoms with van der Waals surface area (Å²) in [6.45, 7) is 7.50. The summed E-state index contributed by atoms with van der Waals surface area (Å²) < 4.78 is 0. The highest BCUT2D eigenvalue weighted by atomic mass is 32.2. The zero-order chi connectivity index (χ0) is 11.5. The van der Waals surface area contributed by atoms with Crippen LogP contribution in [0, 0.1) is 0 Å². The summed E-state index contributed by atoms with van der Waals surface area (Å²) in [5, 5.41) is 4.57. The first kappa shape index (κ1) is 12.8. The number of aliphatic imine (C=N–C) groups is 1. The van der Waals surface area contributed by atoms with Crippen molar-refractivity contribution in [2.75, 3.05) is 26.4 Å². The average Bonchev–Trinajstić information content (AvgIpc) is 2.62. The van der Waals surface area contributed by atoms with Gasteiger partial charge in [0.25, 0.3) is 0 Å². The number of nitrogens with one attached hydrogen (secondary N) is 1. The van der Waals surface area contributed by atoms with E-state index in [0.29, 0.717) is 6.04 Å². The largest absolute Gasteiger partial charge is 0.361 e. The fourth-order valence-corrected chi connectivity index (χ4v) is 2.24. The highest BCUT2D eigenvalue weighted by Gasteiger charge is 2.22. The van der Waals surface area contributed by atoms with Crippen molar-refractivity contribution >= 4 is 16.9 Å². The van der Waals surface area contributed by atoms with Crippen molar-refractivity contribution in [1.29, 1.82) is 0 Å². The zero-order valence-corrected chi connectivity index (χ0v) is 11.3. The SMILES string of the molecule is CCC1CSC(=NCC(C)(C)N(C)C)N1. The number of hydrogen-bond acceptors (Lipinski definition) is 3. The van der Waals surface area contributed by atoms with E-state index in [-0.39, 0.29) is 5.54 Å². The fourth-order valence-electron chi connectivity index (χ4n) is 1.16. The van der Waals surface area contributed by atoms with E-state index < -0.39 is 0 Å². The van der Waals surface area contributed by atoms with Crippen LogP contribution in [0.1, 0.15) is 27.2 Å². The van der Waals surface area contributed by atoms with E-state index in [9.17, 15) is 0 Å². The smallest absolute Gasteiger partial charge is 0.156 e. The predicted octanol–water partition coefficient (Wildman–Crippen LogP) is 1.80. The highest BCUT2D eigenvalue weighted by Crippen LogP contribution is 2.17. The van der Waals surface area contributed by atoms with Crippen molar-refractivity contribution in [1.82, 2.24) is 10.2 Å². The van der Waals surface area contributed by atoms with Crippen LogP contribution in [-0.4, -0.2) is 48.0 Å². The number of thioether (sulfide) groups is 1. The molecule has 0 amide bonds. The van der Waals surface area contributed by atoms with E-state index in [4.69, 9.17) is 0 Å². The van der Waals surface area contributed by atoms with E-state index in [1.807, 2.05) is 11.8 Å². The lowest BCUT2D eigenvalue weighted by Gasteiger charge is -2.30. The molecule has 0 aliphatic carbocycles. The van der Waals surface area contributed by atoms with Crippen molar-refractivity contribution in [3.05, 3.63) is 0 Å². The van der Waals surface area contributed by atoms with Gasteiger partial charge in [-0.3, -0.25) is 4.99 Å². The van der Waals surface area contributed by atoms with Gasteiger partial charge in [-0.2, -0.15) is 0 Å². The Hall–Kier alpha value is -0.220. The molecule has 0 bridgehead atoms. The molecule has 4 heteroatoms. The van der Waals surface area contributed by atoms with E-state index in [1.54, 1.807) is 0 Å². The number of rotatable bonds is 4. The Bertz CT molecular complexity index is 236. The topological polar surface area (TPSA) is 27.6 Å². The monoisotopic (exact) mass is 229 g/mol. The summed E-state index contributed by atoms with van der Waals surface area (Å²) in [5.41, 5.74) is 0.138. The Kier molecular flexibility index (Phi) is 4.46. The molecule has 1 fully saturated rings. The van der Waals surface area contributed by atoms with Crippen LogP contribution in [0.4, 0.5) is 0 Å². The van der Waals surface area contributed by atoms with Gasteiger partial charge in [-0.15, -0.1) is 0 Å². The van der Waals surface area contributed by atoms with Crippen LogP contribution in [0.3, 0.4) is 0 Å². The Morgan fingerprint density at radius 2 is 2.20 bits per heavy atom. The van der Waals surface area contributed by atoms with Crippen molar-refractivity contribution in [2.45, 2.75) is 38.8 Å². The molecular weight excluding hydrogens is 206 g/mol. The molecule has 0 aromatic rings. The van der Waals surface area contributed by atoms with Gasteiger partial charge in [-0.25, -0.2) is 0 Å². The lowest BCUT2D eigenvalue weighted by Crippen LogP contribution is -2.41. The lowest BCUT2D eigenvalue weighted by molar-refractivity contribution is 0.205. The maximum atomic E-state index is 4.64. The summed E-state index contributed by atoms with van der Waals surface area (Å²) in [5.74, 6) is 1.16. The number of likely N-dealkylation sites (N-methyl/N-ethyl adjacent to an activating group) is 1. The minimum atomic E-state index is 0.138. The minimum Gasteiger partial charge on any atom is -0.361 e. The molecule has 15 heavy (non-hydrogen) atoms. The van der Waals surface area contributed by atoms with Crippen molar-refractivity contribution in [3.8, 4) is 0 Å². The van der Waals surface area contributed by atoms with E-state index in [1.165, 1.54) is 6.42 Å². The molecule has 0 aromatic heterocycles. The zero-order valence-electron chi connectivity index (χ0n) is 10.5. The van der Waals surface area contributed by atoms with E-state index in [0.717, 1.165) is 17.5 Å². The third kappa shape index (κ3) is 3.68. The van der Waals surface area contributed by atoms with Gasteiger partial charge in [0.2, 0.25) is 0 Å². The summed E-state index contributed by atoms with van der Waals surface area (Å²) in [6, 6.07) is 0.621. The maximum absolute atomic E-state index is 4.64. The van der Waals surface area contributed by atoms with Gasteiger partial charge in [-0.05, 0) is 34.4 Å². The quantitative estimate of drug-likeness (QED) is 0.796. The van der Waals surface area contributed by atoms with Crippen LogP contribution < -0.4 is 5.32 Å². The van der Waals surface area contributed by atoms with Crippen molar-refractivity contribution < 1.29 is 0 Å². The minimum absolute atomic E-state index is 0.138. The Labute approximate surface area is 97.7 Å². The summed E-state index contributed by atoms with van der Waals surface area (Å²) in [7, 11) is 4.20. The van der Waals surface area contributed by atoms with Crippen molar-refractivity contribution in [3.63, 3.8) is 0 Å². The number of amidine groups is 1. The van der Waals surface area contributed by atoms with Gasteiger partial charge in [0.15, 0.2) is 5.17 Å². The molecule has 1 aliphatic rings. The molecule has 1 saturated heterocycles. The average molecular weight is 229 g/mol. The summed E-state index contributed by atoms with van der Waals surface area (Å²) in [4.78, 5) is 6.86. The summed E-state index contributed by atoms with van der Waals surface area (Å²) in [6.07, 6.45) is 1.18. The molecule has 1 rings (SSSR count). The van der Waals surface area contributed by atoms with Crippen LogP contribution in [0.2, 0.25) is 0 Å².